The predicted molar refractivity (Wildman–Crippen MR) is 86.1 cm³/mol. The Labute approximate surface area is 130 Å². The van der Waals surface area contributed by atoms with Gasteiger partial charge in [-0.3, -0.25) is 0 Å². The normalized spacial score (nSPS) is 31.1. The van der Waals surface area contributed by atoms with Crippen LogP contribution in [0.1, 0.15) is 32.6 Å². The maximum absolute atomic E-state index is 5.93. The third-order valence-corrected chi connectivity index (χ3v) is 5.45. The molecular weight excluding hydrogens is 314 g/mol. The van der Waals surface area contributed by atoms with Gasteiger partial charge in [-0.15, -0.1) is 0 Å². The smallest absolute Gasteiger partial charge is 0.119 e. The molecule has 2 aliphatic carbocycles. The van der Waals surface area contributed by atoms with Crippen LogP contribution in [0.15, 0.2) is 28.7 Å². The molecular formula is C17H24BrNO. The second-order valence-electron chi connectivity index (χ2n) is 6.50. The number of nitrogens with one attached hydrogen (secondary N) is 1. The van der Waals surface area contributed by atoms with E-state index < -0.39 is 0 Å². The van der Waals surface area contributed by atoms with Crippen molar-refractivity contribution >= 4 is 15.9 Å². The molecule has 0 radical (unpaired) electrons. The first-order chi connectivity index (χ1) is 9.71. The van der Waals surface area contributed by atoms with Crippen molar-refractivity contribution in [1.82, 2.24) is 5.32 Å². The molecule has 0 amide bonds. The second-order valence-corrected chi connectivity index (χ2v) is 7.41. The van der Waals surface area contributed by atoms with Crippen molar-refractivity contribution in [1.29, 1.82) is 0 Å². The van der Waals surface area contributed by atoms with E-state index in [1.165, 1.54) is 32.2 Å². The van der Waals surface area contributed by atoms with E-state index in [-0.39, 0.29) is 0 Å². The highest BCUT2D eigenvalue weighted by Crippen LogP contribution is 2.60. The van der Waals surface area contributed by atoms with Crippen molar-refractivity contribution in [2.75, 3.05) is 19.7 Å². The largest absolute Gasteiger partial charge is 0.494 e. The minimum atomic E-state index is 0.499. The van der Waals surface area contributed by atoms with Gasteiger partial charge in [0.2, 0.25) is 0 Å². The number of rotatable bonds is 7. The zero-order chi connectivity index (χ0) is 14.0. The topological polar surface area (TPSA) is 21.3 Å². The van der Waals surface area contributed by atoms with Gasteiger partial charge in [-0.25, -0.2) is 0 Å². The molecule has 1 aromatic rings. The summed E-state index contributed by atoms with van der Waals surface area (Å²) in [7, 11) is 0. The third kappa shape index (κ3) is 3.37. The molecule has 20 heavy (non-hydrogen) atoms. The maximum atomic E-state index is 5.93. The molecule has 0 heterocycles. The average molecular weight is 338 g/mol. The summed E-state index contributed by atoms with van der Waals surface area (Å²) < 4.78 is 7.03. The Morgan fingerprint density at radius 2 is 1.95 bits per heavy atom. The maximum Gasteiger partial charge on any atom is 0.119 e. The van der Waals surface area contributed by atoms with E-state index in [1.807, 2.05) is 24.3 Å². The Morgan fingerprint density at radius 1 is 1.25 bits per heavy atom. The zero-order valence-corrected chi connectivity index (χ0v) is 13.8. The Bertz CT molecular complexity index is 435. The monoisotopic (exact) mass is 337 g/mol. The van der Waals surface area contributed by atoms with Gasteiger partial charge >= 0.3 is 0 Å². The summed E-state index contributed by atoms with van der Waals surface area (Å²) in [6.07, 6.45) is 5.49. The molecule has 3 heteroatoms. The first kappa shape index (κ1) is 14.4. The quantitative estimate of drug-likeness (QED) is 0.803. The fourth-order valence-corrected chi connectivity index (χ4v) is 4.01. The van der Waals surface area contributed by atoms with Crippen LogP contribution in [0.5, 0.6) is 5.75 Å². The lowest BCUT2D eigenvalue weighted by Crippen LogP contribution is -2.34. The van der Waals surface area contributed by atoms with E-state index in [0.717, 1.165) is 35.2 Å². The van der Waals surface area contributed by atoms with Crippen molar-refractivity contribution in [2.24, 2.45) is 17.3 Å². The minimum Gasteiger partial charge on any atom is -0.494 e. The molecule has 2 aliphatic rings. The highest BCUT2D eigenvalue weighted by molar-refractivity contribution is 9.10. The Balaban J connectivity index is 1.50. The van der Waals surface area contributed by atoms with E-state index in [9.17, 15) is 0 Å². The molecule has 2 atom stereocenters. The molecule has 2 saturated carbocycles. The van der Waals surface area contributed by atoms with Crippen molar-refractivity contribution in [3.05, 3.63) is 28.7 Å². The number of halogens is 1. The fourth-order valence-electron chi connectivity index (χ4n) is 3.75. The summed E-state index contributed by atoms with van der Waals surface area (Å²) in [6, 6.07) is 8.14. The van der Waals surface area contributed by atoms with E-state index in [1.54, 1.807) is 0 Å². The Hall–Kier alpha value is -0.540. The van der Waals surface area contributed by atoms with Gasteiger partial charge in [0, 0.05) is 11.0 Å². The third-order valence-electron chi connectivity index (χ3n) is 4.92. The number of hydrogen-bond acceptors (Lipinski definition) is 2. The highest BCUT2D eigenvalue weighted by atomic mass is 79.9. The number of benzene rings is 1. The molecule has 0 spiro atoms. The highest BCUT2D eigenvalue weighted by Gasteiger charge is 2.53. The van der Waals surface area contributed by atoms with Gasteiger partial charge in [-0.2, -0.15) is 0 Å². The van der Waals surface area contributed by atoms with Crippen LogP contribution in [-0.2, 0) is 0 Å². The van der Waals surface area contributed by atoms with Gasteiger partial charge in [0.05, 0.1) is 6.61 Å². The Morgan fingerprint density at radius 3 is 2.60 bits per heavy atom. The molecule has 3 rings (SSSR count). The molecule has 110 valence electrons. The molecule has 1 aromatic carbocycles. The molecule has 2 fully saturated rings. The SMILES string of the molecule is CCNCC1(CCOc2ccc(Br)cc2)CC2CC2C1. The molecule has 0 saturated heterocycles. The zero-order valence-electron chi connectivity index (χ0n) is 12.2. The van der Waals surface area contributed by atoms with E-state index >= 15 is 0 Å². The van der Waals surface area contributed by atoms with Crippen LogP contribution in [0.3, 0.4) is 0 Å². The molecule has 0 aromatic heterocycles. The Kier molecular flexibility index (Phi) is 4.37. The second kappa shape index (κ2) is 6.07. The molecule has 0 aliphatic heterocycles. The van der Waals surface area contributed by atoms with Gasteiger partial charge in [-0.1, -0.05) is 22.9 Å². The summed E-state index contributed by atoms with van der Waals surface area (Å²) >= 11 is 3.45. The number of ether oxygens (including phenoxy) is 1. The van der Waals surface area contributed by atoms with E-state index in [0.29, 0.717) is 5.41 Å². The van der Waals surface area contributed by atoms with Crippen LogP contribution >= 0.6 is 15.9 Å². The van der Waals surface area contributed by atoms with Gasteiger partial charge in [0.15, 0.2) is 0 Å². The van der Waals surface area contributed by atoms with Crippen LogP contribution in [0.25, 0.3) is 0 Å². The van der Waals surface area contributed by atoms with Gasteiger partial charge < -0.3 is 10.1 Å². The molecule has 2 nitrogen and oxygen atoms in total. The molecule has 1 N–H and O–H groups in total. The fraction of sp³-hybridized carbons (Fsp3) is 0.647. The summed E-state index contributed by atoms with van der Waals surface area (Å²) in [5.74, 6) is 3.04. The van der Waals surface area contributed by atoms with Crippen LogP contribution in [-0.4, -0.2) is 19.7 Å². The van der Waals surface area contributed by atoms with Gasteiger partial charge in [0.1, 0.15) is 5.75 Å². The first-order valence-electron chi connectivity index (χ1n) is 7.80. The lowest BCUT2D eigenvalue weighted by atomic mass is 9.80. The number of fused-ring (bicyclic) bond motifs is 1. The lowest BCUT2D eigenvalue weighted by molar-refractivity contribution is 0.177. The van der Waals surface area contributed by atoms with Crippen LogP contribution in [0.4, 0.5) is 0 Å². The van der Waals surface area contributed by atoms with Crippen molar-refractivity contribution in [3.8, 4) is 5.75 Å². The molecule has 0 bridgehead atoms. The van der Waals surface area contributed by atoms with Gasteiger partial charge in [0.25, 0.3) is 0 Å². The number of hydrogen-bond donors (Lipinski definition) is 1. The van der Waals surface area contributed by atoms with E-state index in [4.69, 9.17) is 4.74 Å². The van der Waals surface area contributed by atoms with Crippen molar-refractivity contribution in [3.63, 3.8) is 0 Å². The van der Waals surface area contributed by atoms with E-state index in [2.05, 4.69) is 28.2 Å². The van der Waals surface area contributed by atoms with Crippen molar-refractivity contribution < 1.29 is 4.74 Å². The van der Waals surface area contributed by atoms with Crippen molar-refractivity contribution in [2.45, 2.75) is 32.6 Å². The average Bonchev–Trinajstić information content (AvgIpc) is 3.07. The summed E-state index contributed by atoms with van der Waals surface area (Å²) in [4.78, 5) is 0. The predicted octanol–water partition coefficient (Wildman–Crippen LogP) is 4.24. The standard InChI is InChI=1S/C17H24BrNO/c1-2-19-12-17(10-13-9-14(13)11-17)7-8-20-16-5-3-15(18)4-6-16/h3-6,13-14,19H,2,7-12H2,1H3. The lowest BCUT2D eigenvalue weighted by Gasteiger charge is -2.31. The minimum absolute atomic E-state index is 0.499. The summed E-state index contributed by atoms with van der Waals surface area (Å²) in [6.45, 7) is 5.28. The van der Waals surface area contributed by atoms with Gasteiger partial charge in [-0.05, 0) is 73.7 Å². The van der Waals surface area contributed by atoms with Crippen LogP contribution in [0, 0.1) is 17.3 Å². The first-order valence-corrected chi connectivity index (χ1v) is 8.59. The summed E-state index contributed by atoms with van der Waals surface area (Å²) in [5, 5.41) is 3.57. The molecule has 2 unspecified atom stereocenters. The van der Waals surface area contributed by atoms with Crippen LogP contribution < -0.4 is 10.1 Å². The van der Waals surface area contributed by atoms with Crippen LogP contribution in [0.2, 0.25) is 0 Å². The summed E-state index contributed by atoms with van der Waals surface area (Å²) in [5.41, 5.74) is 0.499.